The molecule has 2 aliphatic rings. The van der Waals surface area contributed by atoms with Crippen molar-refractivity contribution in [3.63, 3.8) is 0 Å². The van der Waals surface area contributed by atoms with Gasteiger partial charge >= 0.3 is 0 Å². The van der Waals surface area contributed by atoms with Gasteiger partial charge in [0.25, 0.3) is 0 Å². The average Bonchev–Trinajstić information content (AvgIpc) is 2.02. The number of carbonyl (C=O) groups is 1. The molecule has 0 N–H and O–H groups in total. The summed E-state index contributed by atoms with van der Waals surface area (Å²) in [7, 11) is 0. The van der Waals surface area contributed by atoms with Crippen LogP contribution in [0.3, 0.4) is 0 Å². The van der Waals surface area contributed by atoms with E-state index in [2.05, 4.69) is 4.90 Å². The third-order valence-corrected chi connectivity index (χ3v) is 3.39. The largest absolute Gasteiger partial charge is 0.298 e. The molecule has 1 heterocycles. The van der Waals surface area contributed by atoms with E-state index in [1.807, 2.05) is 0 Å². The van der Waals surface area contributed by atoms with Crippen molar-refractivity contribution in [1.29, 1.82) is 0 Å². The number of hydrogen-bond donors (Lipinski definition) is 0. The molecule has 0 aromatic carbocycles. The van der Waals surface area contributed by atoms with Gasteiger partial charge in [-0.3, -0.25) is 9.69 Å². The first-order chi connectivity index (χ1) is 6.36. The van der Waals surface area contributed by atoms with Crippen molar-refractivity contribution in [3.8, 4) is 0 Å². The van der Waals surface area contributed by atoms with Crippen LogP contribution < -0.4 is 0 Å². The fourth-order valence-electron chi connectivity index (χ4n) is 2.20. The Morgan fingerprint density at radius 3 is 2.31 bits per heavy atom. The summed E-state index contributed by atoms with van der Waals surface area (Å²) < 4.78 is 0. The minimum absolute atomic E-state index is 0.432. The Kier molecular flexibility index (Phi) is 2.99. The molecule has 2 heteroatoms. The molecule has 2 nitrogen and oxygen atoms in total. The minimum Gasteiger partial charge on any atom is -0.298 e. The summed E-state index contributed by atoms with van der Waals surface area (Å²) in [5.74, 6) is 0.940. The molecular weight excluding hydrogens is 162 g/mol. The van der Waals surface area contributed by atoms with E-state index in [0.717, 1.165) is 32.5 Å². The van der Waals surface area contributed by atoms with Gasteiger partial charge in [0.2, 0.25) is 0 Å². The standard InChI is InChI=1S/C11H19NO/c13-11(10-5-4-6-10)9-12-7-2-1-3-8-12/h10H,1-9H2. The molecule has 0 amide bonds. The van der Waals surface area contributed by atoms with Gasteiger partial charge in [-0.25, -0.2) is 0 Å². The average molecular weight is 181 g/mol. The van der Waals surface area contributed by atoms with Gasteiger partial charge in [-0.05, 0) is 38.8 Å². The van der Waals surface area contributed by atoms with Crippen molar-refractivity contribution >= 4 is 5.78 Å². The molecule has 0 spiro atoms. The summed E-state index contributed by atoms with van der Waals surface area (Å²) in [6, 6.07) is 0. The highest BCUT2D eigenvalue weighted by Crippen LogP contribution is 2.27. The Hall–Kier alpha value is -0.370. The quantitative estimate of drug-likeness (QED) is 0.662. The van der Waals surface area contributed by atoms with E-state index < -0.39 is 0 Å². The lowest BCUT2D eigenvalue weighted by Crippen LogP contribution is -2.38. The number of ketones is 1. The monoisotopic (exact) mass is 181 g/mol. The van der Waals surface area contributed by atoms with Crippen LogP contribution in [0.25, 0.3) is 0 Å². The predicted octanol–water partition coefficient (Wildman–Crippen LogP) is 1.84. The fourth-order valence-corrected chi connectivity index (χ4v) is 2.20. The third kappa shape index (κ3) is 2.31. The number of nitrogens with zero attached hydrogens (tertiary/aromatic N) is 1. The first kappa shape index (κ1) is 9.20. The van der Waals surface area contributed by atoms with Crippen molar-refractivity contribution in [1.82, 2.24) is 4.90 Å². The molecule has 1 saturated carbocycles. The van der Waals surface area contributed by atoms with Crippen molar-refractivity contribution in [2.75, 3.05) is 19.6 Å². The lowest BCUT2D eigenvalue weighted by atomic mass is 9.82. The van der Waals surface area contributed by atoms with Crippen LogP contribution in [0.2, 0.25) is 0 Å². The van der Waals surface area contributed by atoms with Crippen LogP contribution in [0.15, 0.2) is 0 Å². The first-order valence-corrected chi connectivity index (χ1v) is 5.61. The van der Waals surface area contributed by atoms with Crippen LogP contribution in [0, 0.1) is 5.92 Å². The second kappa shape index (κ2) is 4.23. The maximum atomic E-state index is 11.7. The molecule has 0 aromatic heterocycles. The lowest BCUT2D eigenvalue weighted by molar-refractivity contribution is -0.126. The zero-order chi connectivity index (χ0) is 9.10. The predicted molar refractivity (Wildman–Crippen MR) is 52.6 cm³/mol. The second-order valence-electron chi connectivity index (χ2n) is 4.43. The van der Waals surface area contributed by atoms with Gasteiger partial charge in [-0.1, -0.05) is 12.8 Å². The molecule has 1 aliphatic heterocycles. The number of rotatable bonds is 3. The zero-order valence-electron chi connectivity index (χ0n) is 8.30. The third-order valence-electron chi connectivity index (χ3n) is 3.39. The van der Waals surface area contributed by atoms with Gasteiger partial charge in [0.05, 0.1) is 6.54 Å². The summed E-state index contributed by atoms with van der Waals surface area (Å²) in [5.41, 5.74) is 0. The van der Waals surface area contributed by atoms with Crippen LogP contribution in [0.4, 0.5) is 0 Å². The number of piperidine rings is 1. The molecule has 0 radical (unpaired) electrons. The van der Waals surface area contributed by atoms with E-state index in [0.29, 0.717) is 11.7 Å². The second-order valence-corrected chi connectivity index (χ2v) is 4.43. The lowest BCUT2D eigenvalue weighted by Gasteiger charge is -2.30. The maximum absolute atomic E-state index is 11.7. The van der Waals surface area contributed by atoms with E-state index in [4.69, 9.17) is 0 Å². The number of likely N-dealkylation sites (tertiary alicyclic amines) is 1. The van der Waals surface area contributed by atoms with Gasteiger partial charge in [0.15, 0.2) is 0 Å². The Balaban J connectivity index is 1.72. The van der Waals surface area contributed by atoms with Crippen molar-refractivity contribution in [3.05, 3.63) is 0 Å². The van der Waals surface area contributed by atoms with Gasteiger partial charge in [0, 0.05) is 5.92 Å². The van der Waals surface area contributed by atoms with E-state index >= 15 is 0 Å². The molecule has 1 aliphatic carbocycles. The SMILES string of the molecule is O=C(CN1CCCCC1)C1CCC1. The normalized spacial score (nSPS) is 25.5. The van der Waals surface area contributed by atoms with Gasteiger partial charge in [-0.2, -0.15) is 0 Å². The topological polar surface area (TPSA) is 20.3 Å². The summed E-state index contributed by atoms with van der Waals surface area (Å²) >= 11 is 0. The van der Waals surface area contributed by atoms with Crippen LogP contribution >= 0.6 is 0 Å². The highest BCUT2D eigenvalue weighted by atomic mass is 16.1. The molecule has 0 aromatic rings. The summed E-state index contributed by atoms with van der Waals surface area (Å²) in [4.78, 5) is 14.0. The minimum atomic E-state index is 0.432. The van der Waals surface area contributed by atoms with E-state index in [9.17, 15) is 4.79 Å². The molecule has 2 fully saturated rings. The number of hydrogen-bond acceptors (Lipinski definition) is 2. The van der Waals surface area contributed by atoms with E-state index in [1.165, 1.54) is 25.7 Å². The van der Waals surface area contributed by atoms with Crippen LogP contribution in [0.5, 0.6) is 0 Å². The van der Waals surface area contributed by atoms with Crippen LogP contribution in [-0.4, -0.2) is 30.3 Å². The molecule has 0 atom stereocenters. The summed E-state index contributed by atoms with van der Waals surface area (Å²) in [6.45, 7) is 3.04. The molecule has 0 unspecified atom stereocenters. The number of carbonyl (C=O) groups excluding carboxylic acids is 1. The Labute approximate surface area is 80.3 Å². The summed E-state index contributed by atoms with van der Waals surface area (Å²) in [6.07, 6.45) is 7.53. The molecule has 74 valence electrons. The first-order valence-electron chi connectivity index (χ1n) is 5.61. The van der Waals surface area contributed by atoms with Crippen LogP contribution in [-0.2, 0) is 4.79 Å². The maximum Gasteiger partial charge on any atom is 0.149 e. The molecule has 13 heavy (non-hydrogen) atoms. The zero-order valence-corrected chi connectivity index (χ0v) is 8.30. The molecule has 1 saturated heterocycles. The van der Waals surface area contributed by atoms with Gasteiger partial charge in [0.1, 0.15) is 5.78 Å². The van der Waals surface area contributed by atoms with Gasteiger partial charge in [-0.15, -0.1) is 0 Å². The van der Waals surface area contributed by atoms with E-state index in [1.54, 1.807) is 0 Å². The highest BCUT2D eigenvalue weighted by molar-refractivity contribution is 5.83. The summed E-state index contributed by atoms with van der Waals surface area (Å²) in [5, 5.41) is 0. The highest BCUT2D eigenvalue weighted by Gasteiger charge is 2.26. The number of Topliss-reactive ketones (excluding diaryl/α,β-unsaturated/α-hetero) is 1. The van der Waals surface area contributed by atoms with Crippen molar-refractivity contribution in [2.45, 2.75) is 38.5 Å². The van der Waals surface area contributed by atoms with Crippen molar-refractivity contribution < 1.29 is 4.79 Å². The fraction of sp³-hybridized carbons (Fsp3) is 0.909. The molecule has 0 bridgehead atoms. The van der Waals surface area contributed by atoms with Gasteiger partial charge < -0.3 is 0 Å². The van der Waals surface area contributed by atoms with Crippen LogP contribution in [0.1, 0.15) is 38.5 Å². The molecule has 2 rings (SSSR count). The smallest absolute Gasteiger partial charge is 0.149 e. The van der Waals surface area contributed by atoms with Crippen molar-refractivity contribution in [2.24, 2.45) is 5.92 Å². The Morgan fingerprint density at radius 2 is 1.77 bits per heavy atom. The Morgan fingerprint density at radius 1 is 1.08 bits per heavy atom. The molecular formula is C11H19NO. The Bertz CT molecular complexity index is 181. The van der Waals surface area contributed by atoms with E-state index in [-0.39, 0.29) is 0 Å².